The fourth-order valence-corrected chi connectivity index (χ4v) is 1.54. The number of nitrogens with zero attached hydrogens (tertiary/aromatic N) is 3. The van der Waals surface area contributed by atoms with Crippen LogP contribution in [0, 0.1) is 10.1 Å². The maximum Gasteiger partial charge on any atom is 0.270 e. The van der Waals surface area contributed by atoms with Crippen LogP contribution in [0.5, 0.6) is 0 Å². The van der Waals surface area contributed by atoms with Crippen molar-refractivity contribution in [3.05, 3.63) is 46.8 Å². The molecule has 0 saturated heterocycles. The zero-order valence-corrected chi connectivity index (χ0v) is 8.98. The summed E-state index contributed by atoms with van der Waals surface area (Å²) in [7, 11) is 0. The van der Waals surface area contributed by atoms with Crippen molar-refractivity contribution in [1.82, 2.24) is 9.78 Å². The van der Waals surface area contributed by atoms with Crippen molar-refractivity contribution in [2.24, 2.45) is 0 Å². The number of hydrogen-bond acceptors (Lipinski definition) is 4. The highest BCUT2D eigenvalue weighted by Gasteiger charge is 2.08. The Hall–Kier alpha value is -2.21. The van der Waals surface area contributed by atoms with Gasteiger partial charge < -0.3 is 5.11 Å². The quantitative estimate of drug-likeness (QED) is 0.640. The van der Waals surface area contributed by atoms with Crippen LogP contribution in [0.4, 0.5) is 5.69 Å². The molecule has 6 nitrogen and oxygen atoms in total. The molecule has 0 atom stereocenters. The van der Waals surface area contributed by atoms with Crippen LogP contribution in [0.1, 0.15) is 0 Å². The summed E-state index contributed by atoms with van der Waals surface area (Å²) in [6.07, 6.45) is 3.37. The Morgan fingerprint density at radius 2 is 2.24 bits per heavy atom. The molecule has 0 aliphatic carbocycles. The average molecular weight is 233 g/mol. The first kappa shape index (κ1) is 11.3. The number of aromatic nitrogens is 2. The zero-order valence-electron chi connectivity index (χ0n) is 8.98. The van der Waals surface area contributed by atoms with Gasteiger partial charge in [-0.1, -0.05) is 12.1 Å². The van der Waals surface area contributed by atoms with Gasteiger partial charge in [-0.15, -0.1) is 0 Å². The van der Waals surface area contributed by atoms with Crippen molar-refractivity contribution in [1.29, 1.82) is 0 Å². The van der Waals surface area contributed by atoms with E-state index in [0.29, 0.717) is 6.54 Å². The highest BCUT2D eigenvalue weighted by Crippen LogP contribution is 2.23. The Morgan fingerprint density at radius 1 is 1.41 bits per heavy atom. The van der Waals surface area contributed by atoms with Crippen molar-refractivity contribution in [3.8, 4) is 11.1 Å². The van der Waals surface area contributed by atoms with E-state index in [2.05, 4.69) is 5.10 Å². The lowest BCUT2D eigenvalue weighted by Gasteiger charge is -1.97. The fraction of sp³-hybridized carbons (Fsp3) is 0.182. The SMILES string of the molecule is O=[N+]([O-])c1cccc(-c2cnn(CCO)c2)c1. The molecule has 0 spiro atoms. The Balaban J connectivity index is 2.32. The Kier molecular flexibility index (Phi) is 3.15. The highest BCUT2D eigenvalue weighted by molar-refractivity contribution is 5.64. The Labute approximate surface area is 97.3 Å². The summed E-state index contributed by atoms with van der Waals surface area (Å²) >= 11 is 0. The third-order valence-electron chi connectivity index (χ3n) is 2.35. The van der Waals surface area contributed by atoms with Crippen LogP contribution in [-0.2, 0) is 6.54 Å². The van der Waals surface area contributed by atoms with E-state index in [1.54, 1.807) is 29.2 Å². The van der Waals surface area contributed by atoms with Gasteiger partial charge in [-0.2, -0.15) is 5.10 Å². The minimum absolute atomic E-state index is 0.00998. The molecule has 17 heavy (non-hydrogen) atoms. The molecule has 0 saturated carbocycles. The average Bonchev–Trinajstić information content (AvgIpc) is 2.78. The molecule has 1 aromatic carbocycles. The van der Waals surface area contributed by atoms with E-state index >= 15 is 0 Å². The van der Waals surface area contributed by atoms with Gasteiger partial charge in [0, 0.05) is 23.9 Å². The van der Waals surface area contributed by atoms with Gasteiger partial charge in [0.25, 0.3) is 5.69 Å². The lowest BCUT2D eigenvalue weighted by Crippen LogP contribution is -2.01. The number of nitro groups is 1. The molecule has 0 unspecified atom stereocenters. The lowest BCUT2D eigenvalue weighted by atomic mass is 10.1. The van der Waals surface area contributed by atoms with Gasteiger partial charge in [0.15, 0.2) is 0 Å². The molecule has 2 rings (SSSR count). The summed E-state index contributed by atoms with van der Waals surface area (Å²) in [5, 5.41) is 23.5. The molecule has 6 heteroatoms. The maximum absolute atomic E-state index is 10.6. The molecule has 88 valence electrons. The Bertz CT molecular complexity index is 536. The molecule has 0 aliphatic heterocycles. The zero-order chi connectivity index (χ0) is 12.3. The first-order chi connectivity index (χ1) is 8.20. The molecular weight excluding hydrogens is 222 g/mol. The van der Waals surface area contributed by atoms with E-state index in [1.807, 2.05) is 0 Å². The van der Waals surface area contributed by atoms with Crippen LogP contribution in [0.3, 0.4) is 0 Å². The van der Waals surface area contributed by atoms with Crippen LogP contribution in [0.15, 0.2) is 36.7 Å². The van der Waals surface area contributed by atoms with Crippen LogP contribution in [-0.4, -0.2) is 26.4 Å². The van der Waals surface area contributed by atoms with E-state index in [-0.39, 0.29) is 12.3 Å². The number of aliphatic hydroxyl groups is 1. The largest absolute Gasteiger partial charge is 0.394 e. The summed E-state index contributed by atoms with van der Waals surface area (Å²) in [5.41, 5.74) is 1.59. The molecular formula is C11H11N3O3. The molecule has 1 heterocycles. The number of nitro benzene ring substituents is 1. The van der Waals surface area contributed by atoms with Gasteiger partial charge in [-0.25, -0.2) is 0 Å². The summed E-state index contributed by atoms with van der Waals surface area (Å²) in [4.78, 5) is 10.2. The Morgan fingerprint density at radius 3 is 2.94 bits per heavy atom. The summed E-state index contributed by atoms with van der Waals surface area (Å²) in [5.74, 6) is 0. The summed E-state index contributed by atoms with van der Waals surface area (Å²) < 4.78 is 1.59. The minimum Gasteiger partial charge on any atom is -0.394 e. The fourth-order valence-electron chi connectivity index (χ4n) is 1.54. The molecule has 0 bridgehead atoms. The predicted molar refractivity (Wildman–Crippen MR) is 61.4 cm³/mol. The van der Waals surface area contributed by atoms with E-state index in [4.69, 9.17) is 5.11 Å². The van der Waals surface area contributed by atoms with E-state index in [1.165, 1.54) is 12.1 Å². The number of aliphatic hydroxyl groups excluding tert-OH is 1. The molecule has 2 aromatic rings. The first-order valence-corrected chi connectivity index (χ1v) is 5.09. The third-order valence-corrected chi connectivity index (χ3v) is 2.35. The molecule has 0 aliphatic rings. The second kappa shape index (κ2) is 4.75. The van der Waals surface area contributed by atoms with Gasteiger partial charge in [0.1, 0.15) is 0 Å². The van der Waals surface area contributed by atoms with Gasteiger partial charge in [0.2, 0.25) is 0 Å². The predicted octanol–water partition coefficient (Wildman–Crippen LogP) is 1.45. The molecule has 1 N–H and O–H groups in total. The standard InChI is InChI=1S/C11H11N3O3/c15-5-4-13-8-10(7-12-13)9-2-1-3-11(6-9)14(16)17/h1-3,6-8,15H,4-5H2. The van der Waals surface area contributed by atoms with Crippen molar-refractivity contribution >= 4 is 5.69 Å². The number of non-ortho nitro benzene ring substituents is 1. The number of hydrogen-bond donors (Lipinski definition) is 1. The van der Waals surface area contributed by atoms with Gasteiger partial charge in [-0.3, -0.25) is 14.8 Å². The summed E-state index contributed by atoms with van der Waals surface area (Å²) in [6.45, 7) is 0.422. The third kappa shape index (κ3) is 2.48. The molecule has 0 radical (unpaired) electrons. The molecule has 1 aromatic heterocycles. The molecule has 0 fully saturated rings. The van der Waals surface area contributed by atoms with Crippen LogP contribution in [0.25, 0.3) is 11.1 Å². The van der Waals surface area contributed by atoms with Crippen LogP contribution < -0.4 is 0 Å². The lowest BCUT2D eigenvalue weighted by molar-refractivity contribution is -0.384. The van der Waals surface area contributed by atoms with Gasteiger partial charge in [-0.05, 0) is 5.56 Å². The highest BCUT2D eigenvalue weighted by atomic mass is 16.6. The molecule has 0 amide bonds. The maximum atomic E-state index is 10.6. The van der Waals surface area contributed by atoms with Crippen molar-refractivity contribution in [2.45, 2.75) is 6.54 Å². The second-order valence-corrected chi connectivity index (χ2v) is 3.52. The van der Waals surface area contributed by atoms with Crippen molar-refractivity contribution in [2.75, 3.05) is 6.61 Å². The van der Waals surface area contributed by atoms with Crippen molar-refractivity contribution in [3.63, 3.8) is 0 Å². The van der Waals surface area contributed by atoms with E-state index in [0.717, 1.165) is 11.1 Å². The van der Waals surface area contributed by atoms with Crippen LogP contribution >= 0.6 is 0 Å². The van der Waals surface area contributed by atoms with Crippen molar-refractivity contribution < 1.29 is 10.0 Å². The monoisotopic (exact) mass is 233 g/mol. The topological polar surface area (TPSA) is 81.2 Å². The van der Waals surface area contributed by atoms with E-state index in [9.17, 15) is 10.1 Å². The first-order valence-electron chi connectivity index (χ1n) is 5.09. The summed E-state index contributed by atoms with van der Waals surface area (Å²) in [6, 6.07) is 6.37. The minimum atomic E-state index is -0.429. The number of rotatable bonds is 4. The number of benzene rings is 1. The van der Waals surface area contributed by atoms with Gasteiger partial charge >= 0.3 is 0 Å². The van der Waals surface area contributed by atoms with Gasteiger partial charge in [0.05, 0.1) is 24.3 Å². The van der Waals surface area contributed by atoms with Crippen LogP contribution in [0.2, 0.25) is 0 Å². The smallest absolute Gasteiger partial charge is 0.270 e. The van der Waals surface area contributed by atoms with E-state index < -0.39 is 4.92 Å². The second-order valence-electron chi connectivity index (χ2n) is 3.52. The normalized spacial score (nSPS) is 10.4.